The van der Waals surface area contributed by atoms with Gasteiger partial charge >= 0.3 is 0 Å². The van der Waals surface area contributed by atoms with Crippen LogP contribution >= 0.6 is 11.6 Å². The van der Waals surface area contributed by atoms with Crippen LogP contribution in [0, 0.1) is 10.1 Å². The summed E-state index contributed by atoms with van der Waals surface area (Å²) in [6.07, 6.45) is 0.0461. The van der Waals surface area contributed by atoms with Gasteiger partial charge in [0.2, 0.25) is 5.91 Å². The molecule has 32 heavy (non-hydrogen) atoms. The summed E-state index contributed by atoms with van der Waals surface area (Å²) in [7, 11) is 0. The molecule has 0 aliphatic carbocycles. The number of hydrazone groups is 1. The lowest BCUT2D eigenvalue weighted by atomic mass is 10.1. The van der Waals surface area contributed by atoms with Crippen LogP contribution in [0.25, 0.3) is 0 Å². The fourth-order valence-corrected chi connectivity index (χ4v) is 2.90. The van der Waals surface area contributed by atoms with Gasteiger partial charge in [-0.3, -0.25) is 19.7 Å². The normalized spacial score (nSPS) is 11.0. The minimum Gasteiger partial charge on any atom is -0.322 e. The molecule has 0 unspecified atom stereocenters. The molecule has 0 saturated carbocycles. The van der Waals surface area contributed by atoms with E-state index in [-0.39, 0.29) is 23.9 Å². The monoisotopic (exact) mass is 450 g/mol. The van der Waals surface area contributed by atoms with Gasteiger partial charge < -0.3 is 5.32 Å². The number of carbonyl (C=O) groups is 2. The topological polar surface area (TPSA) is 114 Å². The Labute approximate surface area is 189 Å². The van der Waals surface area contributed by atoms with E-state index < -0.39 is 4.92 Å². The fourth-order valence-electron chi connectivity index (χ4n) is 2.77. The van der Waals surface area contributed by atoms with Crippen LogP contribution in [0.5, 0.6) is 0 Å². The number of hydrogen-bond acceptors (Lipinski definition) is 5. The molecule has 0 aliphatic heterocycles. The van der Waals surface area contributed by atoms with Gasteiger partial charge in [-0.2, -0.15) is 5.10 Å². The molecule has 0 atom stereocenters. The number of rotatable bonds is 7. The Morgan fingerprint density at radius 1 is 0.938 bits per heavy atom. The highest BCUT2D eigenvalue weighted by molar-refractivity contribution is 6.30. The summed E-state index contributed by atoms with van der Waals surface area (Å²) in [4.78, 5) is 34.5. The van der Waals surface area contributed by atoms with Gasteiger partial charge in [0.05, 0.1) is 17.1 Å². The number of anilines is 1. The largest absolute Gasteiger partial charge is 0.322 e. The molecule has 0 aliphatic rings. The minimum atomic E-state index is -0.494. The number of nitro groups is 1. The Bertz CT molecular complexity index is 1160. The van der Waals surface area contributed by atoms with E-state index in [1.807, 2.05) is 0 Å². The lowest BCUT2D eigenvalue weighted by Gasteiger charge is -2.07. The molecule has 0 fully saturated rings. The van der Waals surface area contributed by atoms with E-state index in [9.17, 15) is 19.7 Å². The summed E-state index contributed by atoms with van der Waals surface area (Å²) in [6, 6.07) is 19.4. The van der Waals surface area contributed by atoms with Crippen LogP contribution in [0.2, 0.25) is 5.02 Å². The van der Waals surface area contributed by atoms with E-state index >= 15 is 0 Å². The summed E-state index contributed by atoms with van der Waals surface area (Å²) in [5, 5.41) is 18.1. The van der Waals surface area contributed by atoms with Crippen molar-refractivity contribution in [3.05, 3.63) is 105 Å². The van der Waals surface area contributed by atoms with Crippen LogP contribution in [0.15, 0.2) is 77.9 Å². The molecule has 0 saturated heterocycles. The van der Waals surface area contributed by atoms with E-state index in [0.29, 0.717) is 27.5 Å². The van der Waals surface area contributed by atoms with Crippen molar-refractivity contribution in [1.82, 2.24) is 5.43 Å². The second-order valence-corrected chi connectivity index (χ2v) is 7.31. The van der Waals surface area contributed by atoms with E-state index in [4.69, 9.17) is 11.6 Å². The van der Waals surface area contributed by atoms with Gasteiger partial charge in [-0.05, 0) is 54.4 Å². The fraction of sp³-hybridized carbons (Fsp3) is 0.0870. The van der Waals surface area contributed by atoms with Gasteiger partial charge in [-0.15, -0.1) is 0 Å². The van der Waals surface area contributed by atoms with Crippen LogP contribution < -0.4 is 10.7 Å². The van der Waals surface area contributed by atoms with Crippen molar-refractivity contribution in [3.63, 3.8) is 0 Å². The van der Waals surface area contributed by atoms with Crippen LogP contribution in [-0.2, 0) is 11.2 Å². The molecule has 3 rings (SSSR count). The number of nitrogens with one attached hydrogen (secondary N) is 2. The maximum Gasteiger partial charge on any atom is 0.269 e. The number of nitrogens with zero attached hydrogens (tertiary/aromatic N) is 2. The molecule has 0 bridgehead atoms. The molecule has 0 spiro atoms. The number of amides is 2. The van der Waals surface area contributed by atoms with Crippen LogP contribution in [-0.4, -0.2) is 22.4 Å². The van der Waals surface area contributed by atoms with E-state index in [0.717, 1.165) is 5.56 Å². The van der Waals surface area contributed by atoms with Crippen molar-refractivity contribution in [1.29, 1.82) is 0 Å². The number of benzene rings is 3. The molecule has 0 radical (unpaired) electrons. The Balaban J connectivity index is 1.55. The zero-order chi connectivity index (χ0) is 23.1. The standard InChI is InChI=1S/C23H19ClN4O4/c1-15(26-27-22(29)14-16-2-12-21(13-3-16)28(31)32)17-6-10-20(11-7-17)25-23(30)18-4-8-19(24)9-5-18/h2-13H,14H2,1H3,(H,25,30)(H,27,29). The van der Waals surface area contributed by atoms with Gasteiger partial charge in [0.1, 0.15) is 0 Å². The first-order valence-corrected chi connectivity index (χ1v) is 9.93. The van der Waals surface area contributed by atoms with Crippen molar-refractivity contribution >= 4 is 40.5 Å². The first-order chi connectivity index (χ1) is 15.3. The first-order valence-electron chi connectivity index (χ1n) is 9.55. The first kappa shape index (κ1) is 22.6. The zero-order valence-corrected chi connectivity index (χ0v) is 17.8. The maximum atomic E-state index is 12.3. The maximum absolute atomic E-state index is 12.3. The average molecular weight is 451 g/mol. The zero-order valence-electron chi connectivity index (χ0n) is 17.0. The van der Waals surface area contributed by atoms with E-state index in [1.165, 1.54) is 24.3 Å². The van der Waals surface area contributed by atoms with Crippen molar-refractivity contribution < 1.29 is 14.5 Å². The van der Waals surface area contributed by atoms with Crippen molar-refractivity contribution in [2.45, 2.75) is 13.3 Å². The quantitative estimate of drug-likeness (QED) is 0.311. The van der Waals surface area contributed by atoms with Gasteiger partial charge in [0, 0.05) is 28.4 Å². The van der Waals surface area contributed by atoms with Gasteiger partial charge in [0.25, 0.3) is 11.6 Å². The number of hydrogen-bond donors (Lipinski definition) is 2. The molecule has 0 heterocycles. The van der Waals surface area contributed by atoms with Gasteiger partial charge in [-0.25, -0.2) is 5.43 Å². The predicted molar refractivity (Wildman–Crippen MR) is 123 cm³/mol. The highest BCUT2D eigenvalue weighted by Gasteiger charge is 2.08. The lowest BCUT2D eigenvalue weighted by Crippen LogP contribution is -2.21. The molecule has 0 aromatic heterocycles. The van der Waals surface area contributed by atoms with Crippen LogP contribution in [0.4, 0.5) is 11.4 Å². The molecule has 3 aromatic carbocycles. The predicted octanol–water partition coefficient (Wildman–Crippen LogP) is 4.58. The molecule has 9 heteroatoms. The van der Waals surface area contributed by atoms with Crippen molar-refractivity contribution in [3.8, 4) is 0 Å². The van der Waals surface area contributed by atoms with Crippen LogP contribution in [0.1, 0.15) is 28.4 Å². The van der Waals surface area contributed by atoms with Gasteiger partial charge in [0.15, 0.2) is 0 Å². The second-order valence-electron chi connectivity index (χ2n) is 6.87. The summed E-state index contributed by atoms with van der Waals surface area (Å²) >= 11 is 5.83. The van der Waals surface area contributed by atoms with Crippen LogP contribution in [0.3, 0.4) is 0 Å². The summed E-state index contributed by atoms with van der Waals surface area (Å²) in [5.41, 5.74) is 5.54. The minimum absolute atomic E-state index is 0.0316. The smallest absolute Gasteiger partial charge is 0.269 e. The Hall–Kier alpha value is -4.04. The highest BCUT2D eigenvalue weighted by Crippen LogP contribution is 2.15. The number of non-ortho nitro benzene ring substituents is 1. The molecule has 162 valence electrons. The highest BCUT2D eigenvalue weighted by atomic mass is 35.5. The second kappa shape index (κ2) is 10.3. The van der Waals surface area contributed by atoms with Crippen molar-refractivity contribution in [2.24, 2.45) is 5.10 Å². The van der Waals surface area contributed by atoms with Crippen molar-refractivity contribution in [2.75, 3.05) is 5.32 Å². The third kappa shape index (κ3) is 6.23. The summed E-state index contributed by atoms with van der Waals surface area (Å²) in [6.45, 7) is 1.74. The molecule has 2 N–H and O–H groups in total. The Morgan fingerprint density at radius 3 is 2.12 bits per heavy atom. The SMILES string of the molecule is CC(=NNC(=O)Cc1ccc([N+](=O)[O-])cc1)c1ccc(NC(=O)c2ccc(Cl)cc2)cc1. The Morgan fingerprint density at radius 2 is 1.53 bits per heavy atom. The summed E-state index contributed by atoms with van der Waals surface area (Å²) < 4.78 is 0. The van der Waals surface area contributed by atoms with E-state index in [1.54, 1.807) is 55.5 Å². The number of carbonyl (C=O) groups excluding carboxylic acids is 2. The molecular weight excluding hydrogens is 432 g/mol. The number of halogens is 1. The summed E-state index contributed by atoms with van der Waals surface area (Å²) in [5.74, 6) is -0.594. The third-order valence-corrected chi connectivity index (χ3v) is 4.78. The average Bonchev–Trinajstić information content (AvgIpc) is 2.78. The lowest BCUT2D eigenvalue weighted by molar-refractivity contribution is -0.384. The van der Waals surface area contributed by atoms with E-state index in [2.05, 4.69) is 15.8 Å². The third-order valence-electron chi connectivity index (χ3n) is 4.53. The Kier molecular flexibility index (Phi) is 7.30. The molecular formula is C23H19ClN4O4. The molecule has 3 aromatic rings. The molecule has 2 amide bonds. The number of nitro benzene ring substituents is 1. The van der Waals surface area contributed by atoms with Gasteiger partial charge in [-0.1, -0.05) is 35.9 Å². The molecule has 8 nitrogen and oxygen atoms in total.